The van der Waals surface area contributed by atoms with Gasteiger partial charge in [0.15, 0.2) is 0 Å². The molecule has 1 heterocycles. The Morgan fingerprint density at radius 2 is 2.21 bits per heavy atom. The fourth-order valence-corrected chi connectivity index (χ4v) is 2.01. The zero-order chi connectivity index (χ0) is 13.8. The highest BCUT2D eigenvalue weighted by molar-refractivity contribution is 5.93. The number of hydrogen-bond acceptors (Lipinski definition) is 4. The minimum Gasteiger partial charge on any atom is -0.481 e. The summed E-state index contributed by atoms with van der Waals surface area (Å²) < 4.78 is 5.14. The molecule has 6 heteroatoms. The highest BCUT2D eigenvalue weighted by Crippen LogP contribution is 2.16. The predicted octanol–water partition coefficient (Wildman–Crippen LogP) is 0.226. The first-order chi connectivity index (χ1) is 9.06. The van der Waals surface area contributed by atoms with Crippen LogP contribution >= 0.6 is 0 Å². The summed E-state index contributed by atoms with van der Waals surface area (Å²) in [4.78, 5) is 22.6. The Morgan fingerprint density at radius 3 is 2.84 bits per heavy atom. The molecule has 4 N–H and O–H groups in total. The van der Waals surface area contributed by atoms with Gasteiger partial charge >= 0.3 is 5.97 Å². The standard InChI is InChI=1S/C13H16N2O4/c14-11-7-19-6-10(11)13(18)15-9-3-1-2-8(4-9)5-12(16)17/h1-4,10-11H,5-7,14H2,(H,15,18)(H,16,17). The van der Waals surface area contributed by atoms with E-state index in [1.807, 2.05) is 0 Å². The Labute approximate surface area is 110 Å². The number of hydrogen-bond donors (Lipinski definition) is 3. The molecule has 0 aliphatic carbocycles. The highest BCUT2D eigenvalue weighted by Gasteiger charge is 2.31. The van der Waals surface area contributed by atoms with Gasteiger partial charge in [-0.3, -0.25) is 9.59 Å². The average Bonchev–Trinajstić information content (AvgIpc) is 2.75. The van der Waals surface area contributed by atoms with Gasteiger partial charge in [0.1, 0.15) is 0 Å². The van der Waals surface area contributed by atoms with Crippen molar-refractivity contribution in [2.75, 3.05) is 18.5 Å². The maximum atomic E-state index is 12.0. The van der Waals surface area contributed by atoms with Crippen molar-refractivity contribution in [1.82, 2.24) is 0 Å². The molecule has 19 heavy (non-hydrogen) atoms. The first-order valence-corrected chi connectivity index (χ1v) is 6.01. The van der Waals surface area contributed by atoms with Crippen LogP contribution in [-0.4, -0.2) is 36.2 Å². The number of carboxylic acids is 1. The molecular weight excluding hydrogens is 248 g/mol. The van der Waals surface area contributed by atoms with Gasteiger partial charge in [0, 0.05) is 11.7 Å². The second-order valence-electron chi connectivity index (χ2n) is 4.57. The summed E-state index contributed by atoms with van der Waals surface area (Å²) in [6.07, 6.45) is -0.0736. The van der Waals surface area contributed by atoms with E-state index in [0.29, 0.717) is 24.5 Å². The van der Waals surface area contributed by atoms with E-state index in [0.717, 1.165) is 0 Å². The van der Waals surface area contributed by atoms with Crippen LogP contribution in [0.3, 0.4) is 0 Å². The van der Waals surface area contributed by atoms with Crippen LogP contribution in [0.1, 0.15) is 5.56 Å². The van der Waals surface area contributed by atoms with Gasteiger partial charge in [-0.2, -0.15) is 0 Å². The van der Waals surface area contributed by atoms with Gasteiger partial charge in [0.25, 0.3) is 0 Å². The van der Waals surface area contributed by atoms with Gasteiger partial charge in [0.05, 0.1) is 25.6 Å². The van der Waals surface area contributed by atoms with E-state index in [2.05, 4.69) is 5.32 Å². The topological polar surface area (TPSA) is 102 Å². The molecule has 1 aromatic carbocycles. The van der Waals surface area contributed by atoms with E-state index in [9.17, 15) is 9.59 Å². The molecule has 1 amide bonds. The smallest absolute Gasteiger partial charge is 0.307 e. The number of carbonyl (C=O) groups excluding carboxylic acids is 1. The second kappa shape index (κ2) is 5.81. The molecule has 0 aromatic heterocycles. The molecule has 6 nitrogen and oxygen atoms in total. The third-order valence-electron chi connectivity index (χ3n) is 3.01. The summed E-state index contributed by atoms with van der Waals surface area (Å²) in [5, 5.41) is 11.5. The molecule has 0 saturated carbocycles. The van der Waals surface area contributed by atoms with E-state index in [4.69, 9.17) is 15.6 Å². The number of rotatable bonds is 4. The molecule has 102 valence electrons. The first-order valence-electron chi connectivity index (χ1n) is 6.01. The SMILES string of the molecule is NC1COCC1C(=O)Nc1cccc(CC(=O)O)c1. The molecule has 1 saturated heterocycles. The molecule has 1 fully saturated rings. The van der Waals surface area contributed by atoms with Crippen LogP contribution in [0.5, 0.6) is 0 Å². The molecule has 1 aromatic rings. The van der Waals surface area contributed by atoms with Crippen molar-refractivity contribution in [3.8, 4) is 0 Å². The molecular formula is C13H16N2O4. The number of carboxylic acid groups (broad SMARTS) is 1. The lowest BCUT2D eigenvalue weighted by Crippen LogP contribution is -2.37. The molecule has 0 spiro atoms. The zero-order valence-electron chi connectivity index (χ0n) is 10.3. The van der Waals surface area contributed by atoms with Crippen LogP contribution in [-0.2, 0) is 20.7 Å². The summed E-state index contributed by atoms with van der Waals surface area (Å²) in [5.74, 6) is -1.46. The fourth-order valence-electron chi connectivity index (χ4n) is 2.01. The second-order valence-corrected chi connectivity index (χ2v) is 4.57. The maximum absolute atomic E-state index is 12.0. The van der Waals surface area contributed by atoms with Gasteiger partial charge in [0.2, 0.25) is 5.91 Å². The zero-order valence-corrected chi connectivity index (χ0v) is 10.3. The molecule has 0 bridgehead atoms. The number of anilines is 1. The van der Waals surface area contributed by atoms with E-state index in [-0.39, 0.29) is 24.3 Å². The summed E-state index contributed by atoms with van der Waals surface area (Å²) >= 11 is 0. The highest BCUT2D eigenvalue weighted by atomic mass is 16.5. The molecule has 2 atom stereocenters. The minimum atomic E-state index is -0.908. The van der Waals surface area contributed by atoms with Crippen LogP contribution in [0, 0.1) is 5.92 Å². The number of ether oxygens (including phenoxy) is 1. The summed E-state index contributed by atoms with van der Waals surface area (Å²) in [7, 11) is 0. The largest absolute Gasteiger partial charge is 0.481 e. The van der Waals surface area contributed by atoms with Gasteiger partial charge in [-0.1, -0.05) is 12.1 Å². The normalized spacial score (nSPS) is 22.2. The Balaban J connectivity index is 2.02. The number of aliphatic carboxylic acids is 1. The maximum Gasteiger partial charge on any atom is 0.307 e. The van der Waals surface area contributed by atoms with Crippen molar-refractivity contribution in [3.63, 3.8) is 0 Å². The van der Waals surface area contributed by atoms with Gasteiger partial charge in [-0.25, -0.2) is 0 Å². The lowest BCUT2D eigenvalue weighted by Gasteiger charge is -2.13. The van der Waals surface area contributed by atoms with E-state index in [1.54, 1.807) is 24.3 Å². The van der Waals surface area contributed by atoms with E-state index in [1.165, 1.54) is 0 Å². The fraction of sp³-hybridized carbons (Fsp3) is 0.385. The van der Waals surface area contributed by atoms with E-state index >= 15 is 0 Å². The number of nitrogens with two attached hydrogens (primary N) is 1. The van der Waals surface area contributed by atoms with Crippen molar-refractivity contribution >= 4 is 17.6 Å². The molecule has 0 radical (unpaired) electrons. The summed E-state index contributed by atoms with van der Waals surface area (Å²) in [6.45, 7) is 0.707. The van der Waals surface area contributed by atoms with Crippen molar-refractivity contribution in [2.24, 2.45) is 11.7 Å². The molecule has 2 rings (SSSR count). The quantitative estimate of drug-likeness (QED) is 0.722. The van der Waals surface area contributed by atoms with Crippen LogP contribution in [0.15, 0.2) is 24.3 Å². The van der Waals surface area contributed by atoms with Crippen LogP contribution in [0.4, 0.5) is 5.69 Å². The Hall–Kier alpha value is -1.92. The van der Waals surface area contributed by atoms with Gasteiger partial charge < -0.3 is 20.9 Å². The van der Waals surface area contributed by atoms with Crippen molar-refractivity contribution in [3.05, 3.63) is 29.8 Å². The minimum absolute atomic E-state index is 0.0736. The third kappa shape index (κ3) is 3.52. The van der Waals surface area contributed by atoms with Crippen molar-refractivity contribution in [1.29, 1.82) is 0 Å². The number of amides is 1. The third-order valence-corrected chi connectivity index (χ3v) is 3.01. The number of benzene rings is 1. The lowest BCUT2D eigenvalue weighted by atomic mass is 10.0. The van der Waals surface area contributed by atoms with Gasteiger partial charge in [-0.15, -0.1) is 0 Å². The lowest BCUT2D eigenvalue weighted by molar-refractivity contribution is -0.136. The number of nitrogens with one attached hydrogen (secondary N) is 1. The molecule has 1 aliphatic rings. The molecule has 2 unspecified atom stereocenters. The summed E-state index contributed by atoms with van der Waals surface area (Å²) in [6, 6.07) is 6.48. The van der Waals surface area contributed by atoms with E-state index < -0.39 is 5.97 Å². The monoisotopic (exact) mass is 264 g/mol. The first kappa shape index (κ1) is 13.5. The van der Waals surface area contributed by atoms with Crippen LogP contribution in [0.25, 0.3) is 0 Å². The number of carbonyl (C=O) groups is 2. The predicted molar refractivity (Wildman–Crippen MR) is 68.7 cm³/mol. The molecule has 1 aliphatic heterocycles. The average molecular weight is 264 g/mol. The van der Waals surface area contributed by atoms with Crippen molar-refractivity contribution < 1.29 is 19.4 Å². The Bertz CT molecular complexity index is 489. The Morgan fingerprint density at radius 1 is 1.42 bits per heavy atom. The van der Waals surface area contributed by atoms with Crippen molar-refractivity contribution in [2.45, 2.75) is 12.5 Å². The Kier molecular flexibility index (Phi) is 4.13. The van der Waals surface area contributed by atoms with Crippen LogP contribution < -0.4 is 11.1 Å². The summed E-state index contributed by atoms with van der Waals surface area (Å²) in [5.41, 5.74) is 6.97. The van der Waals surface area contributed by atoms with Crippen LogP contribution in [0.2, 0.25) is 0 Å². The van der Waals surface area contributed by atoms with Gasteiger partial charge in [-0.05, 0) is 17.7 Å².